The number of ether oxygens (including phenoxy) is 2. The van der Waals surface area contributed by atoms with Crippen LogP contribution < -0.4 is 5.32 Å². The standard InChI is InChI=1S/C17H31N3O2.HI/c1-5-18-16(20(4)10-12-6-8-21-11-12)19-14-13-7-9-22-15(13)17(14,2)3;/h12-15H,5-11H2,1-4H3,(H,18,19);1H. The molecule has 4 unspecified atom stereocenters. The first-order valence-corrected chi connectivity index (χ1v) is 8.75. The van der Waals surface area contributed by atoms with E-state index >= 15 is 0 Å². The molecule has 3 aliphatic rings. The van der Waals surface area contributed by atoms with E-state index in [4.69, 9.17) is 14.5 Å². The van der Waals surface area contributed by atoms with Gasteiger partial charge in [-0.25, -0.2) is 0 Å². The van der Waals surface area contributed by atoms with Crippen LogP contribution in [0.4, 0.5) is 0 Å². The predicted octanol–water partition coefficient (Wildman–Crippen LogP) is 2.35. The highest BCUT2D eigenvalue weighted by atomic mass is 127. The number of hydrogen-bond donors (Lipinski definition) is 1. The average Bonchev–Trinajstić information content (AvgIpc) is 3.13. The Labute approximate surface area is 157 Å². The second-order valence-corrected chi connectivity index (χ2v) is 7.60. The third-order valence-electron chi connectivity index (χ3n) is 5.61. The predicted molar refractivity (Wildman–Crippen MR) is 103 cm³/mol. The Morgan fingerprint density at radius 3 is 2.74 bits per heavy atom. The van der Waals surface area contributed by atoms with Crippen LogP contribution in [0.2, 0.25) is 0 Å². The van der Waals surface area contributed by atoms with Crippen molar-refractivity contribution in [3.8, 4) is 0 Å². The van der Waals surface area contributed by atoms with E-state index in [1.54, 1.807) is 0 Å². The monoisotopic (exact) mass is 437 g/mol. The number of guanidine groups is 1. The summed E-state index contributed by atoms with van der Waals surface area (Å²) in [7, 11) is 2.15. The highest BCUT2D eigenvalue weighted by Gasteiger charge is 2.59. The van der Waals surface area contributed by atoms with Crippen molar-refractivity contribution >= 4 is 29.9 Å². The van der Waals surface area contributed by atoms with Gasteiger partial charge in [0.15, 0.2) is 5.96 Å². The van der Waals surface area contributed by atoms with E-state index in [1.165, 1.54) is 6.42 Å². The van der Waals surface area contributed by atoms with Crippen LogP contribution in [0, 0.1) is 17.3 Å². The van der Waals surface area contributed by atoms with Crippen molar-refractivity contribution in [3.05, 3.63) is 0 Å². The Bertz CT molecular complexity index is 424. The highest BCUT2D eigenvalue weighted by Crippen LogP contribution is 2.52. The van der Waals surface area contributed by atoms with Crippen molar-refractivity contribution in [2.45, 2.75) is 45.8 Å². The van der Waals surface area contributed by atoms with Gasteiger partial charge >= 0.3 is 0 Å². The molecular weight excluding hydrogens is 405 g/mol. The normalized spacial score (nSPS) is 35.2. The molecule has 1 saturated carbocycles. The number of aliphatic imine (C=N–C) groups is 1. The van der Waals surface area contributed by atoms with Gasteiger partial charge in [-0.15, -0.1) is 24.0 Å². The van der Waals surface area contributed by atoms with Crippen molar-refractivity contribution in [2.24, 2.45) is 22.2 Å². The van der Waals surface area contributed by atoms with Gasteiger partial charge < -0.3 is 19.7 Å². The summed E-state index contributed by atoms with van der Waals surface area (Å²) in [4.78, 5) is 7.00. The molecule has 2 aliphatic heterocycles. The highest BCUT2D eigenvalue weighted by molar-refractivity contribution is 14.0. The van der Waals surface area contributed by atoms with Gasteiger partial charge in [0, 0.05) is 56.6 Å². The number of nitrogens with one attached hydrogen (secondary N) is 1. The minimum atomic E-state index is 0. The number of hydrogen-bond acceptors (Lipinski definition) is 3. The molecule has 1 N–H and O–H groups in total. The molecule has 0 radical (unpaired) electrons. The number of fused-ring (bicyclic) bond motifs is 1. The van der Waals surface area contributed by atoms with E-state index < -0.39 is 0 Å². The van der Waals surface area contributed by atoms with Crippen LogP contribution in [0.1, 0.15) is 33.6 Å². The summed E-state index contributed by atoms with van der Waals surface area (Å²) in [5, 5.41) is 3.74. The van der Waals surface area contributed by atoms with Gasteiger partial charge in [0.25, 0.3) is 0 Å². The molecule has 0 bridgehead atoms. The third-order valence-corrected chi connectivity index (χ3v) is 5.61. The second kappa shape index (κ2) is 7.87. The molecule has 2 saturated heterocycles. The molecule has 0 aromatic carbocycles. The molecule has 0 spiro atoms. The first-order valence-electron chi connectivity index (χ1n) is 8.75. The zero-order chi connectivity index (χ0) is 15.7. The van der Waals surface area contributed by atoms with E-state index in [1.807, 2.05) is 0 Å². The van der Waals surface area contributed by atoms with Gasteiger partial charge in [-0.05, 0) is 19.8 Å². The lowest BCUT2D eigenvalue weighted by Crippen LogP contribution is -2.68. The van der Waals surface area contributed by atoms with Gasteiger partial charge in [-0.3, -0.25) is 4.99 Å². The van der Waals surface area contributed by atoms with Crippen molar-refractivity contribution in [2.75, 3.05) is 40.0 Å². The minimum Gasteiger partial charge on any atom is -0.381 e. The minimum absolute atomic E-state index is 0. The third kappa shape index (κ3) is 3.79. The number of halogens is 1. The molecule has 1 aliphatic carbocycles. The quantitative estimate of drug-likeness (QED) is 0.417. The van der Waals surface area contributed by atoms with Crippen LogP contribution in [0.3, 0.4) is 0 Å². The summed E-state index contributed by atoms with van der Waals surface area (Å²) in [6.07, 6.45) is 2.75. The van der Waals surface area contributed by atoms with Gasteiger partial charge in [0.1, 0.15) is 0 Å². The molecule has 0 aromatic rings. The Morgan fingerprint density at radius 1 is 1.30 bits per heavy atom. The van der Waals surface area contributed by atoms with Crippen molar-refractivity contribution in [1.82, 2.24) is 10.2 Å². The molecule has 0 amide bonds. The number of nitrogens with zero attached hydrogens (tertiary/aromatic N) is 2. The van der Waals surface area contributed by atoms with Gasteiger partial charge in [-0.1, -0.05) is 13.8 Å². The maximum atomic E-state index is 5.90. The first-order chi connectivity index (χ1) is 10.5. The SMILES string of the molecule is CCN=C(NC1C2CCOC2C1(C)C)N(C)CC1CCOC1.I. The summed E-state index contributed by atoms with van der Waals surface area (Å²) in [6, 6.07) is 0.465. The van der Waals surface area contributed by atoms with E-state index in [9.17, 15) is 0 Å². The first kappa shape index (κ1) is 19.2. The molecule has 3 fully saturated rings. The Hall–Kier alpha value is -0.0800. The Morgan fingerprint density at radius 2 is 2.09 bits per heavy atom. The van der Waals surface area contributed by atoms with Crippen molar-refractivity contribution < 1.29 is 9.47 Å². The van der Waals surface area contributed by atoms with Gasteiger partial charge in [-0.2, -0.15) is 0 Å². The molecular formula is C17H32IN3O2. The van der Waals surface area contributed by atoms with Crippen LogP contribution in [0.5, 0.6) is 0 Å². The molecule has 2 heterocycles. The van der Waals surface area contributed by atoms with Crippen LogP contribution in [-0.2, 0) is 9.47 Å². The van der Waals surface area contributed by atoms with Crippen molar-refractivity contribution in [1.29, 1.82) is 0 Å². The summed E-state index contributed by atoms with van der Waals surface area (Å²) in [5.41, 5.74) is 0.187. The fourth-order valence-corrected chi connectivity index (χ4v) is 4.38. The summed E-state index contributed by atoms with van der Waals surface area (Å²) < 4.78 is 11.4. The fourth-order valence-electron chi connectivity index (χ4n) is 4.38. The molecule has 6 heteroatoms. The smallest absolute Gasteiger partial charge is 0.193 e. The lowest BCUT2D eigenvalue weighted by molar-refractivity contribution is -0.107. The van der Waals surface area contributed by atoms with Gasteiger partial charge in [0.05, 0.1) is 12.7 Å². The molecule has 4 atom stereocenters. The largest absolute Gasteiger partial charge is 0.381 e. The topological polar surface area (TPSA) is 46.1 Å². The summed E-state index contributed by atoms with van der Waals surface area (Å²) in [6.45, 7) is 11.3. The van der Waals surface area contributed by atoms with Crippen LogP contribution >= 0.6 is 24.0 Å². The molecule has 0 aromatic heterocycles. The average molecular weight is 437 g/mol. The zero-order valence-corrected chi connectivity index (χ0v) is 17.2. The maximum Gasteiger partial charge on any atom is 0.193 e. The van der Waals surface area contributed by atoms with E-state index in [0.29, 0.717) is 24.0 Å². The van der Waals surface area contributed by atoms with E-state index in [-0.39, 0.29) is 29.4 Å². The summed E-state index contributed by atoms with van der Waals surface area (Å²) >= 11 is 0. The zero-order valence-electron chi connectivity index (χ0n) is 14.9. The summed E-state index contributed by atoms with van der Waals surface area (Å²) in [5.74, 6) is 2.31. The maximum absolute atomic E-state index is 5.90. The van der Waals surface area contributed by atoms with Crippen LogP contribution in [0.15, 0.2) is 4.99 Å². The van der Waals surface area contributed by atoms with E-state index in [0.717, 1.165) is 45.3 Å². The molecule has 134 valence electrons. The lowest BCUT2D eigenvalue weighted by atomic mass is 9.57. The number of rotatable bonds is 4. The van der Waals surface area contributed by atoms with Crippen molar-refractivity contribution in [3.63, 3.8) is 0 Å². The Balaban J connectivity index is 0.00000192. The lowest BCUT2D eigenvalue weighted by Gasteiger charge is -2.55. The molecule has 23 heavy (non-hydrogen) atoms. The molecule has 5 nitrogen and oxygen atoms in total. The Kier molecular flexibility index (Phi) is 6.58. The van der Waals surface area contributed by atoms with Crippen LogP contribution in [0.25, 0.3) is 0 Å². The fraction of sp³-hybridized carbons (Fsp3) is 0.941. The second-order valence-electron chi connectivity index (χ2n) is 7.60. The van der Waals surface area contributed by atoms with Crippen LogP contribution in [-0.4, -0.2) is 63.0 Å². The van der Waals surface area contributed by atoms with E-state index in [2.05, 4.69) is 38.0 Å². The molecule has 3 rings (SSSR count). The van der Waals surface area contributed by atoms with Gasteiger partial charge in [0.2, 0.25) is 0 Å².